The van der Waals surface area contributed by atoms with Gasteiger partial charge < -0.3 is 19.9 Å². The number of nitrogen functional groups attached to an aromatic ring is 1. The monoisotopic (exact) mass is 267 g/mol. The fourth-order valence-electron chi connectivity index (χ4n) is 2.72. The zero-order chi connectivity index (χ0) is 13.3. The van der Waals surface area contributed by atoms with Gasteiger partial charge in [-0.25, -0.2) is 4.39 Å². The quantitative estimate of drug-likeness (QED) is 0.834. The van der Waals surface area contributed by atoms with Crippen molar-refractivity contribution in [2.24, 2.45) is 0 Å². The maximum atomic E-state index is 13.4. The third-order valence-electron chi connectivity index (χ3n) is 3.79. The first-order valence-electron chi connectivity index (χ1n) is 6.60. The molecule has 4 nitrogen and oxygen atoms in total. The van der Waals surface area contributed by atoms with Gasteiger partial charge in [-0.1, -0.05) is 0 Å². The van der Waals surface area contributed by atoms with Gasteiger partial charge in [-0.3, -0.25) is 0 Å². The molecule has 1 aromatic carbocycles. The second kappa shape index (κ2) is 4.98. The summed E-state index contributed by atoms with van der Waals surface area (Å²) in [4.78, 5) is 0. The highest BCUT2D eigenvalue weighted by atomic mass is 19.1. The number of nitrogens with two attached hydrogens (primary N) is 1. The van der Waals surface area contributed by atoms with Crippen molar-refractivity contribution in [1.82, 2.24) is 0 Å². The normalized spacial score (nSPS) is 30.7. The van der Waals surface area contributed by atoms with Crippen molar-refractivity contribution >= 4 is 5.69 Å². The number of halogens is 1. The molecular formula is C14H18FNO3. The molecule has 2 saturated heterocycles. The van der Waals surface area contributed by atoms with E-state index in [9.17, 15) is 4.39 Å². The van der Waals surface area contributed by atoms with Crippen molar-refractivity contribution in [2.45, 2.75) is 31.0 Å². The lowest BCUT2D eigenvalue weighted by molar-refractivity contribution is -0.112. The summed E-state index contributed by atoms with van der Waals surface area (Å²) in [6.07, 6.45) is 2.55. The van der Waals surface area contributed by atoms with Gasteiger partial charge in [-0.05, 0) is 12.1 Å². The van der Waals surface area contributed by atoms with E-state index in [1.54, 1.807) is 6.07 Å². The summed E-state index contributed by atoms with van der Waals surface area (Å²) in [5.74, 6) is 0.0798. The molecular weight excluding hydrogens is 249 g/mol. The van der Waals surface area contributed by atoms with Crippen molar-refractivity contribution in [1.29, 1.82) is 0 Å². The average Bonchev–Trinajstić information content (AvgIpc) is 2.82. The predicted molar refractivity (Wildman–Crippen MR) is 68.6 cm³/mol. The highest BCUT2D eigenvalue weighted by Gasteiger charge is 2.41. The summed E-state index contributed by atoms with van der Waals surface area (Å²) in [7, 11) is 0. The molecule has 0 bridgehead atoms. The largest absolute Gasteiger partial charge is 0.490 e. The van der Waals surface area contributed by atoms with Crippen LogP contribution in [0, 0.1) is 5.82 Å². The molecule has 2 aliphatic heterocycles. The van der Waals surface area contributed by atoms with Crippen molar-refractivity contribution in [3.8, 4) is 5.75 Å². The Hall–Kier alpha value is -1.33. The van der Waals surface area contributed by atoms with Crippen LogP contribution in [0.2, 0.25) is 0 Å². The van der Waals surface area contributed by atoms with E-state index < -0.39 is 5.82 Å². The Morgan fingerprint density at radius 2 is 2.26 bits per heavy atom. The Labute approximate surface area is 111 Å². The van der Waals surface area contributed by atoms with Gasteiger partial charge in [-0.2, -0.15) is 0 Å². The van der Waals surface area contributed by atoms with Crippen LogP contribution in [0.5, 0.6) is 5.75 Å². The Morgan fingerprint density at radius 3 is 3.00 bits per heavy atom. The number of benzene rings is 1. The van der Waals surface area contributed by atoms with Gasteiger partial charge in [0.05, 0.1) is 24.5 Å². The number of anilines is 1. The molecule has 3 rings (SSSR count). The van der Waals surface area contributed by atoms with Crippen LogP contribution < -0.4 is 10.5 Å². The van der Waals surface area contributed by atoms with Gasteiger partial charge in [0.25, 0.3) is 0 Å². The van der Waals surface area contributed by atoms with E-state index in [1.807, 2.05) is 0 Å². The minimum absolute atomic E-state index is 0.0403. The van der Waals surface area contributed by atoms with Crippen LogP contribution in [0.3, 0.4) is 0 Å². The SMILES string of the molecule is Nc1ccc(OC2CCOC3(CCOC3)C2)cc1F. The van der Waals surface area contributed by atoms with Crippen molar-refractivity contribution in [2.75, 3.05) is 25.6 Å². The maximum Gasteiger partial charge on any atom is 0.149 e. The van der Waals surface area contributed by atoms with Gasteiger partial charge in [0, 0.05) is 31.9 Å². The van der Waals surface area contributed by atoms with Gasteiger partial charge in [0.2, 0.25) is 0 Å². The van der Waals surface area contributed by atoms with E-state index in [0.29, 0.717) is 19.0 Å². The van der Waals surface area contributed by atoms with Crippen LogP contribution in [0.1, 0.15) is 19.3 Å². The second-order valence-corrected chi connectivity index (χ2v) is 5.25. The second-order valence-electron chi connectivity index (χ2n) is 5.25. The number of hydrogen-bond acceptors (Lipinski definition) is 4. The molecule has 2 atom stereocenters. The molecule has 2 heterocycles. The fraction of sp³-hybridized carbons (Fsp3) is 0.571. The van der Waals surface area contributed by atoms with Crippen LogP contribution in [-0.2, 0) is 9.47 Å². The van der Waals surface area contributed by atoms with Crippen LogP contribution in [0.25, 0.3) is 0 Å². The molecule has 1 aromatic rings. The van der Waals surface area contributed by atoms with Gasteiger partial charge in [-0.15, -0.1) is 0 Å². The summed E-state index contributed by atoms with van der Waals surface area (Å²) in [5.41, 5.74) is 5.39. The first-order chi connectivity index (χ1) is 9.17. The van der Waals surface area contributed by atoms with E-state index >= 15 is 0 Å². The lowest BCUT2D eigenvalue weighted by Gasteiger charge is -2.37. The Kier molecular flexibility index (Phi) is 3.33. The van der Waals surface area contributed by atoms with Crippen molar-refractivity contribution < 1.29 is 18.6 Å². The first kappa shape index (κ1) is 12.7. The zero-order valence-electron chi connectivity index (χ0n) is 10.7. The lowest BCUT2D eigenvalue weighted by Crippen LogP contribution is -2.44. The summed E-state index contributed by atoms with van der Waals surface area (Å²) in [6.45, 7) is 2.03. The molecule has 104 valence electrons. The summed E-state index contributed by atoms with van der Waals surface area (Å²) < 4.78 is 30.5. The standard InChI is InChI=1S/C14H18FNO3/c15-12-7-10(1-2-13(12)16)19-11-3-5-18-14(8-11)4-6-17-9-14/h1-2,7,11H,3-6,8-9,16H2. The molecule has 0 aromatic heterocycles. The number of rotatable bonds is 2. The van der Waals surface area contributed by atoms with Gasteiger partial charge >= 0.3 is 0 Å². The van der Waals surface area contributed by atoms with Crippen molar-refractivity contribution in [3.05, 3.63) is 24.0 Å². The smallest absolute Gasteiger partial charge is 0.149 e. The predicted octanol–water partition coefficient (Wildman–Crippen LogP) is 2.12. The van der Waals surface area contributed by atoms with Gasteiger partial charge in [0.15, 0.2) is 0 Å². The van der Waals surface area contributed by atoms with Gasteiger partial charge in [0.1, 0.15) is 17.7 Å². The highest BCUT2D eigenvalue weighted by molar-refractivity contribution is 5.43. The third kappa shape index (κ3) is 2.67. The Balaban J connectivity index is 1.67. The molecule has 0 amide bonds. The van der Waals surface area contributed by atoms with E-state index in [0.717, 1.165) is 25.9 Å². The average molecular weight is 267 g/mol. The van der Waals surface area contributed by atoms with Crippen LogP contribution in [0.4, 0.5) is 10.1 Å². The van der Waals surface area contributed by atoms with E-state index in [1.165, 1.54) is 12.1 Å². The molecule has 2 unspecified atom stereocenters. The third-order valence-corrected chi connectivity index (χ3v) is 3.79. The molecule has 1 spiro atoms. The maximum absolute atomic E-state index is 13.4. The first-order valence-corrected chi connectivity index (χ1v) is 6.60. The molecule has 5 heteroatoms. The molecule has 0 radical (unpaired) electrons. The highest BCUT2D eigenvalue weighted by Crippen LogP contribution is 2.34. The summed E-state index contributed by atoms with van der Waals surface area (Å²) in [6, 6.07) is 4.56. The minimum Gasteiger partial charge on any atom is -0.490 e. The van der Waals surface area contributed by atoms with Crippen molar-refractivity contribution in [3.63, 3.8) is 0 Å². The van der Waals surface area contributed by atoms with E-state index in [2.05, 4.69) is 0 Å². The zero-order valence-corrected chi connectivity index (χ0v) is 10.7. The van der Waals surface area contributed by atoms with E-state index in [-0.39, 0.29) is 17.4 Å². The molecule has 2 N–H and O–H groups in total. The summed E-state index contributed by atoms with van der Waals surface area (Å²) in [5, 5.41) is 0. The topological polar surface area (TPSA) is 53.7 Å². The Bertz CT molecular complexity index is 460. The minimum atomic E-state index is -0.441. The fourth-order valence-corrected chi connectivity index (χ4v) is 2.72. The van der Waals surface area contributed by atoms with Crippen LogP contribution >= 0.6 is 0 Å². The molecule has 2 aliphatic rings. The Morgan fingerprint density at radius 1 is 1.37 bits per heavy atom. The van der Waals surface area contributed by atoms with Crippen LogP contribution in [-0.4, -0.2) is 31.5 Å². The summed E-state index contributed by atoms with van der Waals surface area (Å²) >= 11 is 0. The molecule has 0 saturated carbocycles. The number of ether oxygens (including phenoxy) is 3. The lowest BCUT2D eigenvalue weighted by atomic mass is 9.91. The molecule has 2 fully saturated rings. The molecule has 0 aliphatic carbocycles. The van der Waals surface area contributed by atoms with Crippen LogP contribution in [0.15, 0.2) is 18.2 Å². The number of hydrogen-bond donors (Lipinski definition) is 1. The van der Waals surface area contributed by atoms with E-state index in [4.69, 9.17) is 19.9 Å². The molecule has 19 heavy (non-hydrogen) atoms.